The van der Waals surface area contributed by atoms with Gasteiger partial charge in [-0.05, 0) is 13.8 Å². The van der Waals surface area contributed by atoms with Crippen LogP contribution in [0.3, 0.4) is 0 Å². The second kappa shape index (κ2) is 5.80. The molecule has 0 amide bonds. The van der Waals surface area contributed by atoms with Gasteiger partial charge in [-0.15, -0.1) is 0 Å². The van der Waals surface area contributed by atoms with Crippen molar-refractivity contribution in [1.29, 1.82) is 0 Å². The van der Waals surface area contributed by atoms with Gasteiger partial charge < -0.3 is 24.5 Å². The number of anilines is 1. The van der Waals surface area contributed by atoms with E-state index in [1.54, 1.807) is 25.5 Å². The van der Waals surface area contributed by atoms with E-state index in [1.807, 2.05) is 0 Å². The van der Waals surface area contributed by atoms with E-state index in [4.69, 9.17) is 19.9 Å². The van der Waals surface area contributed by atoms with E-state index in [2.05, 4.69) is 4.98 Å². The van der Waals surface area contributed by atoms with Gasteiger partial charge in [-0.1, -0.05) is 0 Å². The van der Waals surface area contributed by atoms with Crippen LogP contribution >= 0.6 is 0 Å². The third-order valence-corrected chi connectivity index (χ3v) is 3.61. The fourth-order valence-electron chi connectivity index (χ4n) is 2.36. The van der Waals surface area contributed by atoms with Gasteiger partial charge in [-0.2, -0.15) is 0 Å². The first kappa shape index (κ1) is 14.8. The first-order valence-corrected chi connectivity index (χ1v) is 6.65. The van der Waals surface area contributed by atoms with Crippen LogP contribution in [0.2, 0.25) is 0 Å². The summed E-state index contributed by atoms with van der Waals surface area (Å²) in [6.07, 6.45) is 0.787. The zero-order chi connectivity index (χ0) is 14.8. The summed E-state index contributed by atoms with van der Waals surface area (Å²) in [5, 5.41) is 0. The number of nitrogens with zero attached hydrogens (tertiary/aromatic N) is 2. The molecule has 0 aliphatic carbocycles. The molecule has 7 nitrogen and oxygen atoms in total. The maximum atomic E-state index is 11.8. The molecular formula is C13H21N3O4. The lowest BCUT2D eigenvalue weighted by molar-refractivity contribution is -0.0294. The average Bonchev–Trinajstić information content (AvgIpc) is 3.00. The van der Waals surface area contributed by atoms with Gasteiger partial charge in [0, 0.05) is 20.1 Å². The summed E-state index contributed by atoms with van der Waals surface area (Å²) >= 11 is 0. The van der Waals surface area contributed by atoms with Crippen LogP contribution in [0.1, 0.15) is 29.7 Å². The molecule has 7 heteroatoms. The van der Waals surface area contributed by atoms with Crippen molar-refractivity contribution >= 4 is 11.8 Å². The molecule has 2 heterocycles. The Morgan fingerprint density at radius 1 is 1.60 bits per heavy atom. The van der Waals surface area contributed by atoms with Crippen molar-refractivity contribution in [3.05, 3.63) is 11.5 Å². The minimum Gasteiger partial charge on any atom is -0.461 e. The van der Waals surface area contributed by atoms with Crippen molar-refractivity contribution in [2.75, 3.05) is 32.7 Å². The monoisotopic (exact) mass is 283 g/mol. The Morgan fingerprint density at radius 3 is 2.90 bits per heavy atom. The van der Waals surface area contributed by atoms with Gasteiger partial charge in [0.2, 0.25) is 0 Å². The summed E-state index contributed by atoms with van der Waals surface area (Å²) < 4.78 is 17.7. The fourth-order valence-corrected chi connectivity index (χ4v) is 2.36. The average molecular weight is 283 g/mol. The van der Waals surface area contributed by atoms with Crippen LogP contribution in [0.25, 0.3) is 0 Å². The Labute approximate surface area is 118 Å². The highest BCUT2D eigenvalue weighted by Gasteiger charge is 2.37. The number of carbonyl (C=O) groups is 1. The molecule has 20 heavy (non-hydrogen) atoms. The zero-order valence-corrected chi connectivity index (χ0v) is 12.1. The van der Waals surface area contributed by atoms with Gasteiger partial charge in [-0.3, -0.25) is 0 Å². The van der Waals surface area contributed by atoms with E-state index in [9.17, 15) is 4.79 Å². The van der Waals surface area contributed by atoms with Crippen molar-refractivity contribution in [1.82, 2.24) is 9.55 Å². The molecular weight excluding hydrogens is 262 g/mol. The van der Waals surface area contributed by atoms with Gasteiger partial charge in [0.1, 0.15) is 17.2 Å². The first-order chi connectivity index (χ1) is 9.53. The predicted octanol–water partition coefficient (Wildman–Crippen LogP) is 0.756. The number of imidazole rings is 1. The second-order valence-corrected chi connectivity index (χ2v) is 4.89. The minimum absolute atomic E-state index is 0.162. The second-order valence-electron chi connectivity index (χ2n) is 4.89. The Balaban J connectivity index is 2.26. The number of hydrogen-bond acceptors (Lipinski definition) is 6. The molecule has 0 aromatic carbocycles. The molecule has 0 bridgehead atoms. The lowest BCUT2D eigenvalue weighted by Gasteiger charge is -2.27. The smallest absolute Gasteiger partial charge is 0.360 e. The highest BCUT2D eigenvalue weighted by molar-refractivity contribution is 5.92. The van der Waals surface area contributed by atoms with Gasteiger partial charge in [0.25, 0.3) is 0 Å². The molecule has 1 aromatic heterocycles. The molecule has 1 saturated heterocycles. The number of nitrogen functional groups attached to an aromatic ring is 1. The van der Waals surface area contributed by atoms with Crippen LogP contribution in [0, 0.1) is 6.92 Å². The molecule has 1 unspecified atom stereocenters. The molecule has 1 atom stereocenters. The molecule has 0 spiro atoms. The summed E-state index contributed by atoms with van der Waals surface area (Å²) in [6, 6.07) is 0. The summed E-state index contributed by atoms with van der Waals surface area (Å²) in [4.78, 5) is 16.0. The third kappa shape index (κ3) is 2.64. The molecule has 1 fully saturated rings. The van der Waals surface area contributed by atoms with Crippen LogP contribution in [-0.4, -0.2) is 48.1 Å². The Bertz CT molecular complexity index is 492. The molecule has 1 aromatic rings. The number of ether oxygens (including phenoxy) is 3. The zero-order valence-electron chi connectivity index (χ0n) is 12.1. The van der Waals surface area contributed by atoms with Crippen molar-refractivity contribution < 1.29 is 19.0 Å². The van der Waals surface area contributed by atoms with Crippen LogP contribution < -0.4 is 5.73 Å². The number of aryl methyl sites for hydroxylation is 1. The lowest BCUT2D eigenvalue weighted by Crippen LogP contribution is -2.37. The number of carbonyl (C=O) groups excluding carboxylic acids is 1. The number of hydrogen-bond donors (Lipinski definition) is 1. The third-order valence-electron chi connectivity index (χ3n) is 3.61. The Hall–Kier alpha value is -1.60. The molecule has 0 radical (unpaired) electrons. The van der Waals surface area contributed by atoms with Gasteiger partial charge in [0.05, 0.1) is 19.8 Å². The van der Waals surface area contributed by atoms with E-state index < -0.39 is 11.6 Å². The van der Waals surface area contributed by atoms with Crippen molar-refractivity contribution in [3.8, 4) is 0 Å². The Kier molecular flexibility index (Phi) is 4.29. The molecule has 0 saturated carbocycles. The molecule has 112 valence electrons. The van der Waals surface area contributed by atoms with Gasteiger partial charge >= 0.3 is 5.97 Å². The number of esters is 1. The number of methoxy groups -OCH3 is 1. The van der Waals surface area contributed by atoms with Gasteiger partial charge in [-0.25, -0.2) is 9.78 Å². The largest absolute Gasteiger partial charge is 0.461 e. The summed E-state index contributed by atoms with van der Waals surface area (Å²) in [5.41, 5.74) is 5.78. The van der Waals surface area contributed by atoms with E-state index in [-0.39, 0.29) is 5.69 Å². The summed E-state index contributed by atoms with van der Waals surface area (Å²) in [6.45, 7) is 5.51. The predicted molar refractivity (Wildman–Crippen MR) is 72.5 cm³/mol. The topological polar surface area (TPSA) is 88.6 Å². The van der Waals surface area contributed by atoms with Crippen LogP contribution in [0.5, 0.6) is 0 Å². The van der Waals surface area contributed by atoms with Crippen molar-refractivity contribution in [2.24, 2.45) is 0 Å². The fraction of sp³-hybridized carbons (Fsp3) is 0.692. The van der Waals surface area contributed by atoms with E-state index in [0.717, 1.165) is 6.42 Å². The minimum atomic E-state index is -0.499. The number of rotatable bonds is 5. The SMILES string of the molecule is CCOC(=O)c1nc(C)n(CC2(OC)CCOC2)c1N. The molecule has 1 aliphatic heterocycles. The van der Waals surface area contributed by atoms with Crippen molar-refractivity contribution in [3.63, 3.8) is 0 Å². The highest BCUT2D eigenvalue weighted by atomic mass is 16.6. The highest BCUT2D eigenvalue weighted by Crippen LogP contribution is 2.27. The van der Waals surface area contributed by atoms with Crippen molar-refractivity contribution in [2.45, 2.75) is 32.4 Å². The van der Waals surface area contributed by atoms with E-state index >= 15 is 0 Å². The van der Waals surface area contributed by atoms with E-state index in [0.29, 0.717) is 38.0 Å². The standard InChI is InChI=1S/C13H21N3O4/c1-4-20-12(17)10-11(14)16(9(2)15-10)7-13(18-3)5-6-19-8-13/h4-8,14H2,1-3H3. The maximum absolute atomic E-state index is 11.8. The summed E-state index contributed by atoms with van der Waals surface area (Å²) in [7, 11) is 1.66. The Morgan fingerprint density at radius 2 is 2.35 bits per heavy atom. The maximum Gasteiger partial charge on any atom is 0.360 e. The van der Waals surface area contributed by atoms with Crippen LogP contribution in [-0.2, 0) is 20.8 Å². The first-order valence-electron chi connectivity index (χ1n) is 6.65. The summed E-state index contributed by atoms with van der Waals surface area (Å²) in [5.74, 6) is 0.471. The normalized spacial score (nSPS) is 22.1. The van der Waals surface area contributed by atoms with Gasteiger partial charge in [0.15, 0.2) is 5.69 Å². The molecule has 2 rings (SSSR count). The number of nitrogens with two attached hydrogens (primary N) is 1. The van der Waals surface area contributed by atoms with E-state index in [1.165, 1.54) is 0 Å². The van der Waals surface area contributed by atoms with Crippen LogP contribution in [0.4, 0.5) is 5.82 Å². The number of aromatic nitrogens is 2. The quantitative estimate of drug-likeness (QED) is 0.802. The van der Waals surface area contributed by atoms with Crippen LogP contribution in [0.15, 0.2) is 0 Å². The molecule has 1 aliphatic rings. The molecule has 2 N–H and O–H groups in total. The lowest BCUT2D eigenvalue weighted by atomic mass is 10.0.